The highest BCUT2D eigenvalue weighted by molar-refractivity contribution is 5.80. The summed E-state index contributed by atoms with van der Waals surface area (Å²) in [6.07, 6.45) is 3.73. The van der Waals surface area contributed by atoms with Crippen molar-refractivity contribution in [3.05, 3.63) is 24.3 Å². The lowest BCUT2D eigenvalue weighted by atomic mass is 10.1. The largest absolute Gasteiger partial charge is 0.377 e. The number of aliphatic imine (C=N–C) groups is 1. The van der Waals surface area contributed by atoms with Gasteiger partial charge in [0.15, 0.2) is 11.8 Å². The first-order valence-electron chi connectivity index (χ1n) is 6.76. The lowest BCUT2D eigenvalue weighted by molar-refractivity contribution is 0.177. The van der Waals surface area contributed by atoms with Crippen LogP contribution in [0.3, 0.4) is 0 Å². The van der Waals surface area contributed by atoms with Gasteiger partial charge in [-0.1, -0.05) is 6.08 Å². The Hall–Kier alpha value is -1.89. The summed E-state index contributed by atoms with van der Waals surface area (Å²) < 4.78 is 7.02. The molecule has 20 heavy (non-hydrogen) atoms. The van der Waals surface area contributed by atoms with Crippen molar-refractivity contribution in [3.8, 4) is 0 Å². The Bertz CT molecular complexity index is 481. The molecule has 110 valence electrons. The Kier molecular flexibility index (Phi) is 5.11. The SMILES string of the molecule is C=CCNC(=NC)NC1CCc2nc(COC)nn2C1. The van der Waals surface area contributed by atoms with Gasteiger partial charge in [-0.2, -0.15) is 5.10 Å². The molecule has 0 spiro atoms. The maximum Gasteiger partial charge on any atom is 0.191 e. The van der Waals surface area contributed by atoms with Crippen molar-refractivity contribution >= 4 is 5.96 Å². The molecule has 0 bridgehead atoms. The van der Waals surface area contributed by atoms with Crippen LogP contribution in [0.15, 0.2) is 17.6 Å². The quantitative estimate of drug-likeness (QED) is 0.453. The zero-order valence-electron chi connectivity index (χ0n) is 12.1. The lowest BCUT2D eigenvalue weighted by Gasteiger charge is -2.25. The van der Waals surface area contributed by atoms with Gasteiger partial charge in [-0.15, -0.1) is 6.58 Å². The second kappa shape index (κ2) is 7.04. The van der Waals surface area contributed by atoms with Gasteiger partial charge in [0.1, 0.15) is 12.4 Å². The molecular formula is C13H22N6O. The van der Waals surface area contributed by atoms with Gasteiger partial charge in [-0.3, -0.25) is 4.99 Å². The molecule has 1 aromatic rings. The number of rotatable bonds is 5. The number of fused-ring (bicyclic) bond motifs is 1. The Morgan fingerprint density at radius 3 is 3.20 bits per heavy atom. The van der Waals surface area contributed by atoms with Crippen LogP contribution in [0.2, 0.25) is 0 Å². The van der Waals surface area contributed by atoms with Crippen LogP contribution in [0.25, 0.3) is 0 Å². The Balaban J connectivity index is 1.94. The first kappa shape index (κ1) is 14.5. The number of methoxy groups -OCH3 is 1. The molecule has 2 heterocycles. The van der Waals surface area contributed by atoms with Crippen LogP contribution in [-0.2, 0) is 24.3 Å². The third-order valence-electron chi connectivity index (χ3n) is 3.15. The number of guanidine groups is 1. The van der Waals surface area contributed by atoms with E-state index in [0.29, 0.717) is 19.2 Å². The fourth-order valence-electron chi connectivity index (χ4n) is 2.23. The van der Waals surface area contributed by atoms with Gasteiger partial charge >= 0.3 is 0 Å². The van der Waals surface area contributed by atoms with E-state index in [1.807, 2.05) is 4.68 Å². The Morgan fingerprint density at radius 1 is 1.65 bits per heavy atom. The fourth-order valence-corrected chi connectivity index (χ4v) is 2.23. The predicted molar refractivity (Wildman–Crippen MR) is 77.5 cm³/mol. The van der Waals surface area contributed by atoms with E-state index in [1.54, 1.807) is 20.2 Å². The van der Waals surface area contributed by atoms with E-state index in [9.17, 15) is 0 Å². The van der Waals surface area contributed by atoms with E-state index in [0.717, 1.165) is 37.0 Å². The summed E-state index contributed by atoms with van der Waals surface area (Å²) >= 11 is 0. The number of hydrogen-bond acceptors (Lipinski definition) is 4. The molecule has 7 nitrogen and oxygen atoms in total. The molecule has 1 unspecified atom stereocenters. The molecule has 0 aromatic carbocycles. The maximum absolute atomic E-state index is 5.07. The molecule has 0 aliphatic carbocycles. The minimum atomic E-state index is 0.301. The second-order valence-corrected chi connectivity index (χ2v) is 4.68. The highest BCUT2D eigenvalue weighted by Crippen LogP contribution is 2.13. The first-order chi connectivity index (χ1) is 9.76. The van der Waals surface area contributed by atoms with Gasteiger partial charge in [0.05, 0.1) is 6.54 Å². The highest BCUT2D eigenvalue weighted by atomic mass is 16.5. The summed E-state index contributed by atoms with van der Waals surface area (Å²) in [6.45, 7) is 5.63. The summed E-state index contributed by atoms with van der Waals surface area (Å²) in [5.74, 6) is 2.57. The van der Waals surface area contributed by atoms with E-state index in [1.165, 1.54) is 0 Å². The van der Waals surface area contributed by atoms with Gasteiger partial charge < -0.3 is 15.4 Å². The molecule has 0 radical (unpaired) electrons. The van der Waals surface area contributed by atoms with Crippen LogP contribution in [0.5, 0.6) is 0 Å². The maximum atomic E-state index is 5.07. The fraction of sp³-hybridized carbons (Fsp3) is 0.615. The monoisotopic (exact) mass is 278 g/mol. The number of aryl methyl sites for hydroxylation is 1. The predicted octanol–water partition coefficient (Wildman–Crippen LogP) is 0.0903. The molecule has 2 rings (SSSR count). The molecule has 1 aromatic heterocycles. The lowest BCUT2D eigenvalue weighted by Crippen LogP contribution is -2.47. The average molecular weight is 278 g/mol. The molecule has 1 atom stereocenters. The Morgan fingerprint density at radius 2 is 2.50 bits per heavy atom. The van der Waals surface area contributed by atoms with Crippen LogP contribution in [-0.4, -0.2) is 47.5 Å². The number of aromatic nitrogens is 3. The van der Waals surface area contributed by atoms with Gasteiger partial charge in [0, 0.05) is 33.2 Å². The molecule has 1 aliphatic rings. The summed E-state index contributed by atoms with van der Waals surface area (Å²) in [7, 11) is 3.42. The van der Waals surface area contributed by atoms with Crippen molar-refractivity contribution in [3.63, 3.8) is 0 Å². The van der Waals surface area contributed by atoms with Crippen LogP contribution in [0.4, 0.5) is 0 Å². The van der Waals surface area contributed by atoms with Crippen molar-refractivity contribution < 1.29 is 4.74 Å². The third kappa shape index (κ3) is 3.57. The number of ether oxygens (including phenoxy) is 1. The van der Waals surface area contributed by atoms with Crippen molar-refractivity contribution in [2.75, 3.05) is 20.7 Å². The molecule has 0 fully saturated rings. The van der Waals surface area contributed by atoms with E-state index in [2.05, 4.69) is 32.3 Å². The zero-order valence-corrected chi connectivity index (χ0v) is 12.1. The van der Waals surface area contributed by atoms with Gasteiger partial charge in [0.25, 0.3) is 0 Å². The van der Waals surface area contributed by atoms with Crippen molar-refractivity contribution in [2.24, 2.45) is 4.99 Å². The molecule has 0 saturated carbocycles. The summed E-state index contributed by atoms with van der Waals surface area (Å²) in [5.41, 5.74) is 0. The minimum Gasteiger partial charge on any atom is -0.377 e. The van der Waals surface area contributed by atoms with Crippen LogP contribution in [0.1, 0.15) is 18.1 Å². The van der Waals surface area contributed by atoms with E-state index < -0.39 is 0 Å². The molecule has 0 amide bonds. The number of nitrogens with zero attached hydrogens (tertiary/aromatic N) is 4. The number of nitrogens with one attached hydrogen (secondary N) is 2. The smallest absolute Gasteiger partial charge is 0.191 e. The van der Waals surface area contributed by atoms with Gasteiger partial charge in [-0.25, -0.2) is 9.67 Å². The molecular weight excluding hydrogens is 256 g/mol. The standard InChI is InChI=1S/C13H22N6O/c1-4-7-15-13(14-2)16-10-5-6-12-17-11(9-20-3)18-19(12)8-10/h4,10H,1,5-9H2,2-3H3,(H2,14,15,16). The topological polar surface area (TPSA) is 76.4 Å². The summed E-state index contributed by atoms with van der Waals surface area (Å²) in [5, 5.41) is 11.0. The van der Waals surface area contributed by atoms with Crippen LogP contribution >= 0.6 is 0 Å². The van der Waals surface area contributed by atoms with E-state index >= 15 is 0 Å². The van der Waals surface area contributed by atoms with E-state index in [-0.39, 0.29) is 0 Å². The van der Waals surface area contributed by atoms with Crippen molar-refractivity contribution in [2.45, 2.75) is 32.0 Å². The molecule has 1 aliphatic heterocycles. The highest BCUT2D eigenvalue weighted by Gasteiger charge is 2.22. The average Bonchev–Trinajstić information content (AvgIpc) is 2.85. The second-order valence-electron chi connectivity index (χ2n) is 4.68. The van der Waals surface area contributed by atoms with Crippen LogP contribution < -0.4 is 10.6 Å². The van der Waals surface area contributed by atoms with Crippen LogP contribution in [0, 0.1) is 0 Å². The van der Waals surface area contributed by atoms with E-state index in [4.69, 9.17) is 4.74 Å². The molecule has 7 heteroatoms. The molecule has 2 N–H and O–H groups in total. The summed E-state index contributed by atoms with van der Waals surface area (Å²) in [4.78, 5) is 8.66. The summed E-state index contributed by atoms with van der Waals surface area (Å²) in [6, 6.07) is 0.301. The van der Waals surface area contributed by atoms with Crippen molar-refractivity contribution in [1.29, 1.82) is 0 Å². The third-order valence-corrected chi connectivity index (χ3v) is 3.15. The molecule has 0 saturated heterocycles. The van der Waals surface area contributed by atoms with Crippen molar-refractivity contribution in [1.82, 2.24) is 25.4 Å². The normalized spacial score (nSPS) is 18.5. The first-order valence-corrected chi connectivity index (χ1v) is 6.76. The number of hydrogen-bond donors (Lipinski definition) is 2. The van der Waals surface area contributed by atoms with Gasteiger partial charge in [-0.05, 0) is 6.42 Å². The minimum absolute atomic E-state index is 0.301. The Labute approximate surface area is 119 Å². The zero-order chi connectivity index (χ0) is 14.4. The van der Waals surface area contributed by atoms with Gasteiger partial charge in [0.2, 0.25) is 0 Å².